The van der Waals surface area contributed by atoms with Crippen molar-refractivity contribution in [1.29, 1.82) is 0 Å². The Bertz CT molecular complexity index is 1130. The van der Waals surface area contributed by atoms with Gasteiger partial charge in [-0.2, -0.15) is 0 Å². The molecule has 2 aromatic rings. The summed E-state index contributed by atoms with van der Waals surface area (Å²) in [7, 11) is -3.58. The first-order valence-corrected chi connectivity index (χ1v) is 14.2. The summed E-state index contributed by atoms with van der Waals surface area (Å²) in [6.45, 7) is 4.29. The molecule has 0 saturated carbocycles. The second kappa shape index (κ2) is 13.3. The number of hydrogen-bond donors (Lipinski definition) is 1. The fourth-order valence-corrected chi connectivity index (χ4v) is 5.22. The molecule has 0 fully saturated rings. The van der Waals surface area contributed by atoms with Gasteiger partial charge in [0.15, 0.2) is 0 Å². The lowest BCUT2D eigenvalue weighted by Crippen LogP contribution is -2.49. The number of carbonyl (C=O) groups excluding carboxylic acids is 2. The van der Waals surface area contributed by atoms with Crippen molar-refractivity contribution in [2.24, 2.45) is 0 Å². The van der Waals surface area contributed by atoms with Crippen LogP contribution in [-0.4, -0.2) is 50.5 Å². The van der Waals surface area contributed by atoms with Crippen molar-refractivity contribution in [2.45, 2.75) is 45.7 Å². The van der Waals surface area contributed by atoms with Gasteiger partial charge in [0.05, 0.1) is 11.9 Å². The number of carbonyl (C=O) groups is 2. The number of amides is 2. The number of nitrogens with one attached hydrogen (secondary N) is 1. The number of likely N-dealkylation sites (N-methyl/N-ethyl adjacent to an activating group) is 1. The summed E-state index contributed by atoms with van der Waals surface area (Å²) < 4.78 is 26.0. The number of anilines is 1. The van der Waals surface area contributed by atoms with Gasteiger partial charge in [-0.15, -0.1) is 0 Å². The quantitative estimate of drug-likeness (QED) is 0.388. The predicted molar refractivity (Wildman–Crippen MR) is 143 cm³/mol. The fraction of sp³-hybridized carbons (Fsp3) is 0.417. The van der Waals surface area contributed by atoms with Crippen LogP contribution in [0, 0.1) is 0 Å². The lowest BCUT2D eigenvalue weighted by atomic mass is 10.1. The molecule has 0 aliphatic heterocycles. The van der Waals surface area contributed by atoms with Crippen LogP contribution in [0.15, 0.2) is 42.5 Å². The second-order valence-corrected chi connectivity index (χ2v) is 11.2. The Kier molecular flexibility index (Phi) is 11.1. The van der Waals surface area contributed by atoms with Crippen LogP contribution >= 0.6 is 34.8 Å². The molecule has 0 aliphatic carbocycles. The molecule has 0 heterocycles. The van der Waals surface area contributed by atoms with Crippen molar-refractivity contribution in [2.75, 3.05) is 23.7 Å². The second-order valence-electron chi connectivity index (χ2n) is 7.99. The van der Waals surface area contributed by atoms with Gasteiger partial charge in [0.25, 0.3) is 0 Å². The number of hydrogen-bond acceptors (Lipinski definition) is 4. The minimum atomic E-state index is -3.58. The molecule has 0 unspecified atom stereocenters. The van der Waals surface area contributed by atoms with Crippen LogP contribution in [0.2, 0.25) is 15.1 Å². The van der Waals surface area contributed by atoms with E-state index in [4.69, 9.17) is 34.8 Å². The minimum Gasteiger partial charge on any atom is -0.355 e. The van der Waals surface area contributed by atoms with Crippen LogP contribution in [0.5, 0.6) is 0 Å². The van der Waals surface area contributed by atoms with Crippen molar-refractivity contribution in [3.05, 3.63) is 63.1 Å². The number of nitrogens with zero attached hydrogens (tertiary/aromatic N) is 2. The van der Waals surface area contributed by atoms with Crippen molar-refractivity contribution in [3.63, 3.8) is 0 Å². The molecule has 11 heteroatoms. The summed E-state index contributed by atoms with van der Waals surface area (Å²) >= 11 is 18.3. The van der Waals surface area contributed by atoms with E-state index in [0.29, 0.717) is 39.3 Å². The summed E-state index contributed by atoms with van der Waals surface area (Å²) in [5.74, 6) is -0.536. The summed E-state index contributed by atoms with van der Waals surface area (Å²) in [4.78, 5) is 27.5. The lowest BCUT2D eigenvalue weighted by Gasteiger charge is -2.31. The van der Waals surface area contributed by atoms with Gasteiger partial charge in [-0.25, -0.2) is 8.42 Å². The average molecular weight is 563 g/mol. The highest BCUT2D eigenvalue weighted by atomic mass is 35.5. The van der Waals surface area contributed by atoms with E-state index in [2.05, 4.69) is 5.32 Å². The monoisotopic (exact) mass is 561 g/mol. The number of rotatable bonds is 12. The first kappa shape index (κ1) is 29.2. The molecule has 0 aromatic heterocycles. The molecule has 0 aliphatic rings. The molecule has 0 radical (unpaired) electrons. The molecular formula is C24H30Cl3N3O4S. The van der Waals surface area contributed by atoms with Gasteiger partial charge in [-0.3, -0.25) is 13.9 Å². The Morgan fingerprint density at radius 1 is 1.00 bits per heavy atom. The van der Waals surface area contributed by atoms with Gasteiger partial charge < -0.3 is 10.2 Å². The molecule has 2 aromatic carbocycles. The van der Waals surface area contributed by atoms with E-state index < -0.39 is 16.1 Å². The SMILES string of the molecule is CCNC(=O)[C@H](CC)N(Cc1ccc(Cl)cc1Cl)C(=O)CCCN(c1ccc(Cl)cc1)S(C)(=O)=O. The normalized spacial score (nSPS) is 12.2. The molecule has 1 atom stereocenters. The highest BCUT2D eigenvalue weighted by molar-refractivity contribution is 7.92. The molecule has 2 rings (SSSR count). The highest BCUT2D eigenvalue weighted by Gasteiger charge is 2.29. The van der Waals surface area contributed by atoms with Gasteiger partial charge in [0, 0.05) is 41.1 Å². The van der Waals surface area contributed by atoms with Crippen LogP contribution < -0.4 is 9.62 Å². The third kappa shape index (κ3) is 8.56. The number of benzene rings is 2. The van der Waals surface area contributed by atoms with E-state index >= 15 is 0 Å². The van der Waals surface area contributed by atoms with Crippen LogP contribution in [0.1, 0.15) is 38.7 Å². The van der Waals surface area contributed by atoms with Gasteiger partial charge in [-0.1, -0.05) is 47.8 Å². The maximum atomic E-state index is 13.3. The van der Waals surface area contributed by atoms with Crippen LogP contribution in [0.3, 0.4) is 0 Å². The van der Waals surface area contributed by atoms with Gasteiger partial charge in [0.1, 0.15) is 6.04 Å². The van der Waals surface area contributed by atoms with Crippen LogP contribution in [0.4, 0.5) is 5.69 Å². The third-order valence-electron chi connectivity index (χ3n) is 5.36. The smallest absolute Gasteiger partial charge is 0.242 e. The number of sulfonamides is 1. The van der Waals surface area contributed by atoms with Gasteiger partial charge in [0.2, 0.25) is 21.8 Å². The molecule has 7 nitrogen and oxygen atoms in total. The van der Waals surface area contributed by atoms with E-state index in [-0.39, 0.29) is 37.7 Å². The van der Waals surface area contributed by atoms with Crippen LogP contribution in [-0.2, 0) is 26.2 Å². The summed E-state index contributed by atoms with van der Waals surface area (Å²) in [6.07, 6.45) is 1.81. The maximum Gasteiger partial charge on any atom is 0.242 e. The largest absolute Gasteiger partial charge is 0.355 e. The van der Waals surface area contributed by atoms with Crippen LogP contribution in [0.25, 0.3) is 0 Å². The van der Waals surface area contributed by atoms with E-state index in [9.17, 15) is 18.0 Å². The molecule has 2 amide bonds. The first-order chi connectivity index (χ1) is 16.5. The Balaban J connectivity index is 2.23. The number of halogens is 3. The topological polar surface area (TPSA) is 86.8 Å². The van der Waals surface area contributed by atoms with E-state index in [1.165, 1.54) is 9.21 Å². The summed E-state index contributed by atoms with van der Waals surface area (Å²) in [6, 6.07) is 10.7. The Morgan fingerprint density at radius 2 is 1.63 bits per heavy atom. The van der Waals surface area contributed by atoms with Crippen molar-refractivity contribution in [3.8, 4) is 0 Å². The van der Waals surface area contributed by atoms with E-state index in [0.717, 1.165) is 6.26 Å². The zero-order valence-electron chi connectivity index (χ0n) is 19.9. The predicted octanol–water partition coefficient (Wildman–Crippen LogP) is 5.14. The van der Waals surface area contributed by atoms with Crippen molar-refractivity contribution < 1.29 is 18.0 Å². The molecule has 192 valence electrons. The third-order valence-corrected chi connectivity index (χ3v) is 7.39. The van der Waals surface area contributed by atoms with Crippen molar-refractivity contribution >= 4 is 62.3 Å². The first-order valence-electron chi connectivity index (χ1n) is 11.2. The van der Waals surface area contributed by atoms with Crippen molar-refractivity contribution in [1.82, 2.24) is 10.2 Å². The van der Waals surface area contributed by atoms with Gasteiger partial charge >= 0.3 is 0 Å². The molecular weight excluding hydrogens is 533 g/mol. The zero-order valence-corrected chi connectivity index (χ0v) is 23.0. The fourth-order valence-electron chi connectivity index (χ4n) is 3.66. The zero-order chi connectivity index (χ0) is 26.2. The standard InChI is InChI=1S/C24H30Cl3N3O4S/c1-4-22(24(32)28-5-2)29(16-17-8-9-19(26)15-21(17)27)23(31)7-6-14-30(35(3,33)34)20-12-10-18(25)11-13-20/h8-13,15,22H,4-7,14,16H2,1-3H3,(H,28,32)/t22-/m0/s1. The minimum absolute atomic E-state index is 0.0424. The lowest BCUT2D eigenvalue weighted by molar-refractivity contribution is -0.141. The average Bonchev–Trinajstić information content (AvgIpc) is 2.78. The Hall–Kier alpha value is -2.00. The van der Waals surface area contributed by atoms with E-state index in [1.54, 1.807) is 42.5 Å². The molecule has 1 N–H and O–H groups in total. The molecule has 0 bridgehead atoms. The maximum absolute atomic E-state index is 13.3. The van der Waals surface area contributed by atoms with E-state index in [1.807, 2.05) is 13.8 Å². The molecule has 0 saturated heterocycles. The Morgan fingerprint density at radius 3 is 2.17 bits per heavy atom. The summed E-state index contributed by atoms with van der Waals surface area (Å²) in [5, 5.41) is 4.13. The van der Waals surface area contributed by atoms with Gasteiger partial charge in [-0.05, 0) is 61.7 Å². The molecule has 35 heavy (non-hydrogen) atoms. The summed E-state index contributed by atoms with van der Waals surface area (Å²) in [5.41, 5.74) is 1.12. The Labute approximate surface area is 222 Å². The molecule has 0 spiro atoms. The highest BCUT2D eigenvalue weighted by Crippen LogP contribution is 2.25.